The van der Waals surface area contributed by atoms with Gasteiger partial charge in [-0.1, -0.05) is 58.4 Å². The van der Waals surface area contributed by atoms with E-state index in [0.29, 0.717) is 5.95 Å². The molecule has 0 radical (unpaired) electrons. The third kappa shape index (κ3) is 5.04. The SMILES string of the molecule is CN(/N=C\c1ccc([N+](=O)[O-])cc1)c1nc(-c2ccccc2)cc(-c2ccc(Br)cc2)n1. The standard InChI is InChI=1S/C24H18BrN5O2/c1-29(26-16-17-7-13-21(14-8-17)30(31)32)24-27-22(18-5-3-2-4-6-18)15-23(28-24)19-9-11-20(25)12-10-19/h2-16H,1H3/b26-16-. The van der Waals surface area contributed by atoms with Crippen LogP contribution in [-0.4, -0.2) is 28.2 Å². The molecule has 1 heterocycles. The van der Waals surface area contributed by atoms with Crippen LogP contribution in [0.5, 0.6) is 0 Å². The van der Waals surface area contributed by atoms with Gasteiger partial charge in [-0.3, -0.25) is 10.1 Å². The summed E-state index contributed by atoms with van der Waals surface area (Å²) in [6, 6.07) is 25.9. The van der Waals surface area contributed by atoms with Crippen molar-refractivity contribution >= 4 is 33.8 Å². The predicted octanol–water partition coefficient (Wildman–Crippen LogP) is 5.95. The highest BCUT2D eigenvalue weighted by Crippen LogP contribution is 2.27. The Bertz CT molecular complexity index is 1260. The lowest BCUT2D eigenvalue weighted by molar-refractivity contribution is -0.384. The highest BCUT2D eigenvalue weighted by molar-refractivity contribution is 9.10. The molecule has 0 aliphatic rings. The zero-order valence-electron chi connectivity index (χ0n) is 17.1. The number of nitrogens with zero attached hydrogens (tertiary/aromatic N) is 5. The number of hydrogen-bond acceptors (Lipinski definition) is 6. The van der Waals surface area contributed by atoms with Crippen molar-refractivity contribution in [3.63, 3.8) is 0 Å². The van der Waals surface area contributed by atoms with Gasteiger partial charge in [-0.2, -0.15) is 5.10 Å². The van der Waals surface area contributed by atoms with Crippen LogP contribution in [0.3, 0.4) is 0 Å². The normalized spacial score (nSPS) is 10.9. The molecule has 4 rings (SSSR count). The fraction of sp³-hybridized carbons (Fsp3) is 0.0417. The Hall–Kier alpha value is -3.91. The monoisotopic (exact) mass is 487 g/mol. The van der Waals surface area contributed by atoms with Crippen molar-refractivity contribution in [2.45, 2.75) is 0 Å². The van der Waals surface area contributed by atoms with Gasteiger partial charge in [0.05, 0.1) is 22.5 Å². The van der Waals surface area contributed by atoms with Crippen molar-refractivity contribution in [2.24, 2.45) is 5.10 Å². The molecule has 3 aromatic carbocycles. The van der Waals surface area contributed by atoms with Gasteiger partial charge in [-0.15, -0.1) is 0 Å². The average Bonchev–Trinajstić information content (AvgIpc) is 2.83. The number of aromatic nitrogens is 2. The van der Waals surface area contributed by atoms with Crippen molar-refractivity contribution in [1.29, 1.82) is 0 Å². The maximum absolute atomic E-state index is 10.8. The fourth-order valence-corrected chi connectivity index (χ4v) is 3.26. The zero-order chi connectivity index (χ0) is 22.5. The van der Waals surface area contributed by atoms with E-state index in [1.165, 1.54) is 12.1 Å². The van der Waals surface area contributed by atoms with Crippen LogP contribution in [0.2, 0.25) is 0 Å². The van der Waals surface area contributed by atoms with Gasteiger partial charge in [0.25, 0.3) is 5.69 Å². The average molecular weight is 488 g/mol. The number of nitro groups is 1. The Morgan fingerprint density at radius 1 is 0.906 bits per heavy atom. The van der Waals surface area contributed by atoms with Crippen LogP contribution in [0.15, 0.2) is 94.5 Å². The lowest BCUT2D eigenvalue weighted by atomic mass is 10.1. The summed E-state index contributed by atoms with van der Waals surface area (Å²) in [5, 5.41) is 16.8. The Morgan fingerprint density at radius 2 is 1.50 bits per heavy atom. The molecule has 0 bridgehead atoms. The third-order valence-corrected chi connectivity index (χ3v) is 5.23. The topological polar surface area (TPSA) is 84.5 Å². The van der Waals surface area contributed by atoms with Crippen LogP contribution in [0, 0.1) is 10.1 Å². The Morgan fingerprint density at radius 3 is 2.09 bits per heavy atom. The van der Waals surface area contributed by atoms with Gasteiger partial charge < -0.3 is 0 Å². The smallest absolute Gasteiger partial charge is 0.258 e. The quantitative estimate of drug-likeness (QED) is 0.190. The van der Waals surface area contributed by atoms with Crippen molar-refractivity contribution in [1.82, 2.24) is 9.97 Å². The first-order valence-electron chi connectivity index (χ1n) is 9.72. The number of hydrazone groups is 1. The fourth-order valence-electron chi connectivity index (χ4n) is 2.99. The predicted molar refractivity (Wildman–Crippen MR) is 130 cm³/mol. The summed E-state index contributed by atoms with van der Waals surface area (Å²) in [6.45, 7) is 0. The number of nitro benzene ring substituents is 1. The first-order valence-corrected chi connectivity index (χ1v) is 10.5. The maximum Gasteiger partial charge on any atom is 0.269 e. The lowest BCUT2D eigenvalue weighted by Crippen LogP contribution is -2.13. The second-order valence-electron chi connectivity index (χ2n) is 6.93. The number of non-ortho nitro benzene ring substituents is 1. The number of rotatable bonds is 6. The molecule has 0 fully saturated rings. The summed E-state index contributed by atoms with van der Waals surface area (Å²) in [7, 11) is 1.76. The van der Waals surface area contributed by atoms with E-state index >= 15 is 0 Å². The van der Waals surface area contributed by atoms with Crippen LogP contribution in [0.1, 0.15) is 5.56 Å². The van der Waals surface area contributed by atoms with Gasteiger partial charge in [-0.25, -0.2) is 15.0 Å². The van der Waals surface area contributed by atoms with Crippen LogP contribution < -0.4 is 5.01 Å². The lowest BCUT2D eigenvalue weighted by Gasteiger charge is -2.14. The Labute approximate surface area is 193 Å². The summed E-state index contributed by atoms with van der Waals surface area (Å²) < 4.78 is 0.989. The summed E-state index contributed by atoms with van der Waals surface area (Å²) >= 11 is 3.46. The van der Waals surface area contributed by atoms with Crippen molar-refractivity contribution in [3.8, 4) is 22.5 Å². The molecule has 0 spiro atoms. The first kappa shape index (κ1) is 21.3. The molecule has 0 aliphatic heterocycles. The molecule has 32 heavy (non-hydrogen) atoms. The van der Waals surface area contributed by atoms with E-state index in [-0.39, 0.29) is 5.69 Å². The molecule has 0 saturated carbocycles. The number of anilines is 1. The molecule has 0 amide bonds. The Kier molecular flexibility index (Phi) is 6.32. The highest BCUT2D eigenvalue weighted by Gasteiger charge is 2.11. The zero-order valence-corrected chi connectivity index (χ0v) is 18.7. The Balaban J connectivity index is 1.69. The van der Waals surface area contributed by atoms with Crippen molar-refractivity contribution < 1.29 is 4.92 Å². The van der Waals surface area contributed by atoms with E-state index in [1.54, 1.807) is 30.4 Å². The van der Waals surface area contributed by atoms with Gasteiger partial charge in [-0.05, 0) is 35.9 Å². The molecular weight excluding hydrogens is 470 g/mol. The summed E-state index contributed by atoms with van der Waals surface area (Å²) in [5.74, 6) is 0.433. The largest absolute Gasteiger partial charge is 0.269 e. The molecule has 0 saturated heterocycles. The molecule has 4 aromatic rings. The van der Waals surface area contributed by atoms with Gasteiger partial charge in [0, 0.05) is 34.8 Å². The van der Waals surface area contributed by atoms with Crippen LogP contribution in [0.4, 0.5) is 11.6 Å². The second kappa shape index (κ2) is 9.49. The molecular formula is C24H18BrN5O2. The molecule has 8 heteroatoms. The van der Waals surface area contributed by atoms with Gasteiger partial charge in [0.2, 0.25) is 5.95 Å². The second-order valence-corrected chi connectivity index (χ2v) is 7.84. The summed E-state index contributed by atoms with van der Waals surface area (Å²) in [6.07, 6.45) is 1.61. The van der Waals surface area contributed by atoms with E-state index in [4.69, 9.17) is 9.97 Å². The van der Waals surface area contributed by atoms with E-state index in [9.17, 15) is 10.1 Å². The molecule has 0 aliphatic carbocycles. The molecule has 0 unspecified atom stereocenters. The molecule has 0 N–H and O–H groups in total. The van der Waals surface area contributed by atoms with Crippen LogP contribution in [0.25, 0.3) is 22.5 Å². The minimum absolute atomic E-state index is 0.0357. The van der Waals surface area contributed by atoms with E-state index in [0.717, 1.165) is 32.6 Å². The van der Waals surface area contributed by atoms with Gasteiger partial charge >= 0.3 is 0 Å². The molecule has 0 atom stereocenters. The maximum atomic E-state index is 10.8. The van der Waals surface area contributed by atoms with Crippen molar-refractivity contribution in [3.05, 3.63) is 105 Å². The summed E-state index contributed by atoms with van der Waals surface area (Å²) in [4.78, 5) is 19.8. The molecule has 1 aromatic heterocycles. The number of benzene rings is 3. The minimum Gasteiger partial charge on any atom is -0.258 e. The van der Waals surface area contributed by atoms with E-state index in [1.807, 2.05) is 60.7 Å². The van der Waals surface area contributed by atoms with E-state index < -0.39 is 4.92 Å². The first-order chi connectivity index (χ1) is 15.5. The summed E-state index contributed by atoms with van der Waals surface area (Å²) in [5.41, 5.74) is 4.26. The minimum atomic E-state index is -0.431. The molecule has 158 valence electrons. The van der Waals surface area contributed by atoms with E-state index in [2.05, 4.69) is 21.0 Å². The van der Waals surface area contributed by atoms with Gasteiger partial charge in [0.15, 0.2) is 0 Å². The molecule has 7 nitrogen and oxygen atoms in total. The van der Waals surface area contributed by atoms with Crippen molar-refractivity contribution in [2.75, 3.05) is 12.1 Å². The van der Waals surface area contributed by atoms with Gasteiger partial charge in [0.1, 0.15) is 0 Å². The van der Waals surface area contributed by atoms with Crippen LogP contribution >= 0.6 is 15.9 Å². The third-order valence-electron chi connectivity index (χ3n) is 4.70. The number of halogens is 1. The number of hydrogen-bond donors (Lipinski definition) is 0. The van der Waals surface area contributed by atoms with Crippen LogP contribution in [-0.2, 0) is 0 Å². The highest BCUT2D eigenvalue weighted by atomic mass is 79.9.